The summed E-state index contributed by atoms with van der Waals surface area (Å²) in [5.74, 6) is 0.425. The van der Waals surface area contributed by atoms with E-state index < -0.39 is 6.36 Å². The molecule has 2 N–H and O–H groups in total. The Morgan fingerprint density at radius 2 is 1.76 bits per heavy atom. The molecule has 0 radical (unpaired) electrons. The van der Waals surface area contributed by atoms with Crippen LogP contribution in [-0.2, 0) is 4.74 Å². The van der Waals surface area contributed by atoms with Crippen LogP contribution in [0.25, 0.3) is 0 Å². The van der Waals surface area contributed by atoms with E-state index in [2.05, 4.69) is 35.5 Å². The lowest BCUT2D eigenvalue weighted by Gasteiger charge is -2.27. The van der Waals surface area contributed by atoms with Gasteiger partial charge in [-0.25, -0.2) is 5.43 Å². The van der Waals surface area contributed by atoms with Crippen molar-refractivity contribution in [2.75, 3.05) is 41.9 Å². The molecule has 1 fully saturated rings. The van der Waals surface area contributed by atoms with Crippen LogP contribution in [0.15, 0.2) is 53.6 Å². The minimum atomic E-state index is -4.76. The number of morpholine rings is 1. The maximum Gasteiger partial charge on any atom is 0.573 e. The van der Waals surface area contributed by atoms with E-state index in [1.54, 1.807) is 24.4 Å². The maximum atomic E-state index is 12.4. The number of hydrazone groups is 1. The average molecular weight is 494 g/mol. The molecular weight excluding hydrogens is 475 g/mol. The highest BCUT2D eigenvalue weighted by molar-refractivity contribution is 6.30. The molecule has 2 aromatic carbocycles. The number of ether oxygens (including phenoxy) is 2. The third-order valence-electron chi connectivity index (χ3n) is 4.49. The van der Waals surface area contributed by atoms with Gasteiger partial charge in [0.05, 0.1) is 19.4 Å². The van der Waals surface area contributed by atoms with Gasteiger partial charge in [0.2, 0.25) is 17.8 Å². The van der Waals surface area contributed by atoms with E-state index in [-0.39, 0.29) is 17.6 Å². The molecule has 0 saturated carbocycles. The summed E-state index contributed by atoms with van der Waals surface area (Å²) in [6.45, 7) is 2.26. The molecule has 0 unspecified atom stereocenters. The molecule has 178 valence electrons. The van der Waals surface area contributed by atoms with Gasteiger partial charge in [0.1, 0.15) is 5.75 Å². The summed E-state index contributed by atoms with van der Waals surface area (Å²) < 4.78 is 46.4. The average Bonchev–Trinajstić information content (AvgIpc) is 2.80. The third kappa shape index (κ3) is 6.93. The van der Waals surface area contributed by atoms with E-state index in [9.17, 15) is 13.2 Å². The van der Waals surface area contributed by atoms with Gasteiger partial charge >= 0.3 is 6.36 Å². The summed E-state index contributed by atoms with van der Waals surface area (Å²) in [7, 11) is 0. The molecule has 9 nitrogen and oxygen atoms in total. The van der Waals surface area contributed by atoms with E-state index in [0.717, 1.165) is 5.56 Å². The first-order chi connectivity index (χ1) is 16.3. The number of alkyl halides is 3. The van der Waals surface area contributed by atoms with E-state index in [4.69, 9.17) is 16.3 Å². The first-order valence-electron chi connectivity index (χ1n) is 10.1. The summed E-state index contributed by atoms with van der Waals surface area (Å²) in [6.07, 6.45) is -3.20. The fourth-order valence-corrected chi connectivity index (χ4v) is 3.19. The molecular formula is C21H19ClF3N7O2. The SMILES string of the molecule is FC(F)(F)Oc1ccc(Nc2nc(N/N=C/c3cccc(Cl)c3)nc(N3CCOCC3)n2)cc1. The number of halogens is 4. The van der Waals surface area contributed by atoms with Gasteiger partial charge in [-0.3, -0.25) is 0 Å². The van der Waals surface area contributed by atoms with E-state index in [1.165, 1.54) is 24.3 Å². The zero-order chi connectivity index (χ0) is 24.0. The predicted octanol–water partition coefficient (Wildman–Crippen LogP) is 4.45. The van der Waals surface area contributed by atoms with Crippen molar-refractivity contribution in [2.24, 2.45) is 5.10 Å². The van der Waals surface area contributed by atoms with Crippen LogP contribution in [0.2, 0.25) is 5.02 Å². The van der Waals surface area contributed by atoms with Gasteiger partial charge in [-0.15, -0.1) is 13.2 Å². The molecule has 0 bridgehead atoms. The van der Waals surface area contributed by atoms with Crippen LogP contribution in [-0.4, -0.2) is 53.8 Å². The lowest BCUT2D eigenvalue weighted by Crippen LogP contribution is -2.37. The van der Waals surface area contributed by atoms with Gasteiger partial charge in [-0.1, -0.05) is 23.7 Å². The van der Waals surface area contributed by atoms with Crippen LogP contribution in [0.3, 0.4) is 0 Å². The minimum absolute atomic E-state index is 0.175. The Balaban J connectivity index is 1.53. The van der Waals surface area contributed by atoms with Crippen molar-refractivity contribution in [3.8, 4) is 5.75 Å². The molecule has 1 aromatic heterocycles. The lowest BCUT2D eigenvalue weighted by atomic mass is 10.2. The third-order valence-corrected chi connectivity index (χ3v) is 4.72. The number of hydrogen-bond donors (Lipinski definition) is 2. The van der Waals surface area contributed by atoms with Crippen LogP contribution < -0.4 is 20.4 Å². The largest absolute Gasteiger partial charge is 0.573 e. The van der Waals surface area contributed by atoms with Crippen LogP contribution in [0.1, 0.15) is 5.56 Å². The van der Waals surface area contributed by atoms with Crippen molar-refractivity contribution in [1.82, 2.24) is 15.0 Å². The van der Waals surface area contributed by atoms with E-state index in [1.807, 2.05) is 11.0 Å². The maximum absolute atomic E-state index is 12.4. The summed E-state index contributed by atoms with van der Waals surface area (Å²) in [5, 5.41) is 7.70. The zero-order valence-electron chi connectivity index (χ0n) is 17.6. The highest BCUT2D eigenvalue weighted by Crippen LogP contribution is 2.25. The van der Waals surface area contributed by atoms with Crippen molar-refractivity contribution in [2.45, 2.75) is 6.36 Å². The molecule has 0 atom stereocenters. The summed E-state index contributed by atoms with van der Waals surface area (Å²) in [5.41, 5.74) is 4.01. The molecule has 34 heavy (non-hydrogen) atoms. The highest BCUT2D eigenvalue weighted by Gasteiger charge is 2.31. The first-order valence-corrected chi connectivity index (χ1v) is 10.5. The lowest BCUT2D eigenvalue weighted by molar-refractivity contribution is -0.274. The van der Waals surface area contributed by atoms with Gasteiger partial charge in [-0.2, -0.15) is 20.1 Å². The van der Waals surface area contributed by atoms with Crippen molar-refractivity contribution in [3.63, 3.8) is 0 Å². The van der Waals surface area contributed by atoms with E-state index >= 15 is 0 Å². The van der Waals surface area contributed by atoms with Crippen LogP contribution in [0.4, 0.5) is 36.7 Å². The molecule has 1 aliphatic heterocycles. The fourth-order valence-electron chi connectivity index (χ4n) is 3.00. The smallest absolute Gasteiger partial charge is 0.406 e. The van der Waals surface area contributed by atoms with Crippen LogP contribution in [0.5, 0.6) is 5.75 Å². The van der Waals surface area contributed by atoms with Gasteiger partial charge in [-0.05, 0) is 42.0 Å². The number of anilines is 4. The first kappa shape index (κ1) is 23.5. The summed E-state index contributed by atoms with van der Waals surface area (Å²) in [4.78, 5) is 15.1. The standard InChI is InChI=1S/C21H19ClF3N7O2/c22-15-3-1-2-14(12-15)13-26-31-19-28-18(29-20(30-19)32-8-10-33-11-9-32)27-16-4-6-17(7-5-16)34-21(23,24)25/h1-7,12-13H,8-11H2,(H2,27,28,29,30,31)/b26-13+. The number of nitrogens with one attached hydrogen (secondary N) is 2. The number of hydrogen-bond acceptors (Lipinski definition) is 9. The van der Waals surface area contributed by atoms with E-state index in [0.29, 0.717) is 43.0 Å². The number of aromatic nitrogens is 3. The second-order valence-electron chi connectivity index (χ2n) is 7.00. The van der Waals surface area contributed by atoms with Crippen molar-refractivity contribution < 1.29 is 22.6 Å². The Hall–Kier alpha value is -3.64. The molecule has 1 saturated heterocycles. The van der Waals surface area contributed by atoms with Crippen molar-refractivity contribution in [3.05, 3.63) is 59.1 Å². The van der Waals surface area contributed by atoms with Gasteiger partial charge in [0, 0.05) is 23.8 Å². The Labute approximate surface area is 197 Å². The topological polar surface area (TPSA) is 96.8 Å². The Morgan fingerprint density at radius 3 is 2.47 bits per heavy atom. The molecule has 0 amide bonds. The molecule has 13 heteroatoms. The number of nitrogens with zero attached hydrogens (tertiary/aromatic N) is 5. The van der Waals surface area contributed by atoms with Crippen molar-refractivity contribution in [1.29, 1.82) is 0 Å². The molecule has 1 aliphatic rings. The normalized spacial score (nSPS) is 14.3. The monoisotopic (exact) mass is 493 g/mol. The summed E-state index contributed by atoms with van der Waals surface area (Å²) in [6, 6.07) is 12.4. The quantitative estimate of drug-likeness (QED) is 0.368. The molecule has 4 rings (SSSR count). The van der Waals surface area contributed by atoms with Crippen molar-refractivity contribution >= 4 is 41.3 Å². The highest BCUT2D eigenvalue weighted by atomic mass is 35.5. The van der Waals surface area contributed by atoms with Gasteiger partial charge in [0.25, 0.3) is 0 Å². The van der Waals surface area contributed by atoms with Gasteiger partial charge in [0.15, 0.2) is 0 Å². The zero-order valence-corrected chi connectivity index (χ0v) is 18.3. The second kappa shape index (κ2) is 10.5. The fraction of sp³-hybridized carbons (Fsp3) is 0.238. The number of rotatable bonds is 7. The van der Waals surface area contributed by atoms with Gasteiger partial charge < -0.3 is 19.7 Å². The Kier molecular flexibility index (Phi) is 7.28. The second-order valence-corrected chi connectivity index (χ2v) is 7.44. The molecule has 0 spiro atoms. The summed E-state index contributed by atoms with van der Waals surface area (Å²) >= 11 is 5.98. The Bertz CT molecular complexity index is 1140. The van der Waals surface area contributed by atoms with Crippen LogP contribution in [0, 0.1) is 0 Å². The Morgan fingerprint density at radius 1 is 1.03 bits per heavy atom. The molecule has 0 aliphatic carbocycles. The molecule has 2 heterocycles. The predicted molar refractivity (Wildman–Crippen MR) is 122 cm³/mol. The molecule has 3 aromatic rings. The number of benzene rings is 2. The minimum Gasteiger partial charge on any atom is -0.406 e. The van der Waals surface area contributed by atoms with Crippen LogP contribution >= 0.6 is 11.6 Å².